The quantitative estimate of drug-likeness (QED) is 0.835. The summed E-state index contributed by atoms with van der Waals surface area (Å²) in [7, 11) is 1.84. The molecule has 1 amide bonds. The number of amides is 1. The molecule has 1 aromatic rings. The van der Waals surface area contributed by atoms with Gasteiger partial charge in [-0.2, -0.15) is 5.10 Å². The number of rotatable bonds is 3. The van der Waals surface area contributed by atoms with E-state index in [2.05, 4.69) is 5.10 Å². The fourth-order valence-corrected chi connectivity index (χ4v) is 2.36. The second-order valence-corrected chi connectivity index (χ2v) is 4.99. The lowest BCUT2D eigenvalue weighted by atomic mass is 10.1. The Morgan fingerprint density at radius 2 is 2.15 bits per heavy atom. The van der Waals surface area contributed by atoms with Gasteiger partial charge in [-0.05, 0) is 13.8 Å². The Morgan fingerprint density at radius 3 is 2.70 bits per heavy atom. The van der Waals surface area contributed by atoms with Crippen LogP contribution < -0.4 is 0 Å². The van der Waals surface area contributed by atoms with E-state index in [9.17, 15) is 9.59 Å². The van der Waals surface area contributed by atoms with E-state index in [4.69, 9.17) is 9.84 Å². The molecule has 20 heavy (non-hydrogen) atoms. The van der Waals surface area contributed by atoms with Crippen molar-refractivity contribution in [3.05, 3.63) is 17.0 Å². The van der Waals surface area contributed by atoms with Gasteiger partial charge in [0.05, 0.1) is 25.3 Å². The normalized spacial score (nSPS) is 19.1. The summed E-state index contributed by atoms with van der Waals surface area (Å²) in [5.74, 6) is -1.12. The van der Waals surface area contributed by atoms with Gasteiger partial charge in [0.15, 0.2) is 6.10 Å². The van der Waals surface area contributed by atoms with Crippen molar-refractivity contribution in [3.8, 4) is 0 Å². The molecule has 7 nitrogen and oxygen atoms in total. The van der Waals surface area contributed by atoms with Crippen LogP contribution in [0, 0.1) is 13.8 Å². The van der Waals surface area contributed by atoms with Crippen molar-refractivity contribution < 1.29 is 19.4 Å². The molecule has 1 saturated heterocycles. The number of aliphatic carboxylic acids is 1. The molecule has 0 aromatic carbocycles. The van der Waals surface area contributed by atoms with Crippen LogP contribution in [0.25, 0.3) is 0 Å². The first kappa shape index (κ1) is 14.5. The topological polar surface area (TPSA) is 84.7 Å². The molecule has 1 aliphatic rings. The lowest BCUT2D eigenvalue weighted by Gasteiger charge is -2.31. The van der Waals surface area contributed by atoms with Crippen LogP contribution in [-0.4, -0.2) is 57.5 Å². The van der Waals surface area contributed by atoms with Crippen molar-refractivity contribution in [3.63, 3.8) is 0 Å². The summed E-state index contributed by atoms with van der Waals surface area (Å²) in [5.41, 5.74) is 2.70. The lowest BCUT2D eigenvalue weighted by molar-refractivity contribution is -0.159. The first-order chi connectivity index (χ1) is 9.40. The second-order valence-electron chi connectivity index (χ2n) is 4.99. The molecule has 1 N–H and O–H groups in total. The molecule has 2 rings (SSSR count). The third-order valence-electron chi connectivity index (χ3n) is 3.68. The molecule has 110 valence electrons. The van der Waals surface area contributed by atoms with Gasteiger partial charge in [-0.25, -0.2) is 4.79 Å². The summed E-state index contributed by atoms with van der Waals surface area (Å²) in [6, 6.07) is 0. The highest BCUT2D eigenvalue weighted by atomic mass is 16.5. The SMILES string of the molecule is Cc1nn(C)c(C)c1CC(=O)N1CCOC(C(=O)O)C1. The van der Waals surface area contributed by atoms with E-state index < -0.39 is 12.1 Å². The fourth-order valence-electron chi connectivity index (χ4n) is 2.36. The highest BCUT2D eigenvalue weighted by Crippen LogP contribution is 2.15. The minimum atomic E-state index is -1.03. The summed E-state index contributed by atoms with van der Waals surface area (Å²) in [6.45, 7) is 4.58. The van der Waals surface area contributed by atoms with Gasteiger partial charge in [-0.15, -0.1) is 0 Å². The predicted molar refractivity (Wildman–Crippen MR) is 70.3 cm³/mol. The van der Waals surface area contributed by atoms with E-state index >= 15 is 0 Å². The van der Waals surface area contributed by atoms with Crippen molar-refractivity contribution in [1.82, 2.24) is 14.7 Å². The molecular formula is C13H19N3O4. The molecule has 7 heteroatoms. The number of ether oxygens (including phenoxy) is 1. The number of carbonyl (C=O) groups excluding carboxylic acids is 1. The molecule has 0 radical (unpaired) electrons. The Bertz CT molecular complexity index is 538. The van der Waals surface area contributed by atoms with Gasteiger partial charge in [0, 0.05) is 24.8 Å². The first-order valence-corrected chi connectivity index (χ1v) is 6.51. The molecule has 2 heterocycles. The van der Waals surface area contributed by atoms with Crippen LogP contribution in [0.3, 0.4) is 0 Å². The van der Waals surface area contributed by atoms with Crippen LogP contribution in [0.5, 0.6) is 0 Å². The smallest absolute Gasteiger partial charge is 0.334 e. The Balaban J connectivity index is 2.06. The number of nitrogens with zero attached hydrogens (tertiary/aromatic N) is 3. The van der Waals surface area contributed by atoms with E-state index in [1.807, 2.05) is 20.9 Å². The molecule has 1 unspecified atom stereocenters. The highest BCUT2D eigenvalue weighted by molar-refractivity contribution is 5.81. The van der Waals surface area contributed by atoms with Crippen molar-refractivity contribution >= 4 is 11.9 Å². The summed E-state index contributed by atoms with van der Waals surface area (Å²) >= 11 is 0. The lowest BCUT2D eigenvalue weighted by Crippen LogP contribution is -2.49. The zero-order valence-electron chi connectivity index (χ0n) is 11.9. The summed E-state index contributed by atoms with van der Waals surface area (Å²) in [5, 5.41) is 13.2. The number of aromatic nitrogens is 2. The molecule has 0 spiro atoms. The Kier molecular flexibility index (Phi) is 4.08. The standard InChI is InChI=1S/C13H19N3O4/c1-8-10(9(2)15(3)14-8)6-12(17)16-4-5-20-11(7-16)13(18)19/h11H,4-7H2,1-3H3,(H,18,19). The van der Waals surface area contributed by atoms with Crippen molar-refractivity contribution in [1.29, 1.82) is 0 Å². The minimum absolute atomic E-state index is 0.0845. The van der Waals surface area contributed by atoms with E-state index in [1.165, 1.54) is 0 Å². The van der Waals surface area contributed by atoms with E-state index in [1.54, 1.807) is 9.58 Å². The molecular weight excluding hydrogens is 262 g/mol. The Morgan fingerprint density at radius 1 is 1.45 bits per heavy atom. The third-order valence-corrected chi connectivity index (χ3v) is 3.68. The van der Waals surface area contributed by atoms with Crippen molar-refractivity contribution in [2.24, 2.45) is 7.05 Å². The van der Waals surface area contributed by atoms with Gasteiger partial charge >= 0.3 is 5.97 Å². The molecule has 0 aliphatic carbocycles. The highest BCUT2D eigenvalue weighted by Gasteiger charge is 2.29. The van der Waals surface area contributed by atoms with Crippen LogP contribution in [-0.2, 0) is 27.8 Å². The molecule has 1 aromatic heterocycles. The molecule has 0 bridgehead atoms. The summed E-state index contributed by atoms with van der Waals surface area (Å²) < 4.78 is 6.86. The summed E-state index contributed by atoms with van der Waals surface area (Å²) in [6.07, 6.45) is -0.679. The number of hydrogen-bond acceptors (Lipinski definition) is 4. The zero-order chi connectivity index (χ0) is 14.9. The van der Waals surface area contributed by atoms with Gasteiger partial charge in [-0.3, -0.25) is 9.48 Å². The Labute approximate surface area is 117 Å². The number of aryl methyl sites for hydroxylation is 2. The van der Waals surface area contributed by atoms with Crippen LogP contribution in [0.2, 0.25) is 0 Å². The van der Waals surface area contributed by atoms with E-state index in [0.29, 0.717) is 6.54 Å². The first-order valence-electron chi connectivity index (χ1n) is 6.51. The van der Waals surface area contributed by atoms with Gasteiger partial charge < -0.3 is 14.7 Å². The zero-order valence-corrected chi connectivity index (χ0v) is 11.9. The third kappa shape index (κ3) is 2.82. The monoisotopic (exact) mass is 281 g/mol. The summed E-state index contributed by atoms with van der Waals surface area (Å²) in [4.78, 5) is 24.8. The largest absolute Gasteiger partial charge is 0.479 e. The maximum Gasteiger partial charge on any atom is 0.334 e. The number of carbonyl (C=O) groups is 2. The van der Waals surface area contributed by atoms with Crippen LogP contribution in [0.1, 0.15) is 17.0 Å². The maximum atomic E-state index is 12.3. The Hall–Kier alpha value is -1.89. The molecule has 1 atom stereocenters. The van der Waals surface area contributed by atoms with Crippen LogP contribution in [0.15, 0.2) is 0 Å². The number of carboxylic acids is 1. The molecule has 0 saturated carbocycles. The van der Waals surface area contributed by atoms with Crippen molar-refractivity contribution in [2.75, 3.05) is 19.7 Å². The van der Waals surface area contributed by atoms with Gasteiger partial charge in [0.1, 0.15) is 0 Å². The molecule has 1 aliphatic heterocycles. The fraction of sp³-hybridized carbons (Fsp3) is 0.615. The van der Waals surface area contributed by atoms with Crippen LogP contribution >= 0.6 is 0 Å². The second kappa shape index (κ2) is 5.62. The van der Waals surface area contributed by atoms with Gasteiger partial charge in [0.2, 0.25) is 5.91 Å². The average Bonchev–Trinajstić information content (AvgIpc) is 2.65. The molecule has 1 fully saturated rings. The number of carboxylic acid groups (broad SMARTS) is 1. The number of morpholine rings is 1. The van der Waals surface area contributed by atoms with Gasteiger partial charge in [0.25, 0.3) is 0 Å². The number of hydrogen-bond donors (Lipinski definition) is 1. The van der Waals surface area contributed by atoms with Crippen LogP contribution in [0.4, 0.5) is 0 Å². The van der Waals surface area contributed by atoms with Gasteiger partial charge in [-0.1, -0.05) is 0 Å². The van der Waals surface area contributed by atoms with Crippen molar-refractivity contribution in [2.45, 2.75) is 26.4 Å². The maximum absolute atomic E-state index is 12.3. The average molecular weight is 281 g/mol. The van der Waals surface area contributed by atoms with E-state index in [0.717, 1.165) is 17.0 Å². The minimum Gasteiger partial charge on any atom is -0.479 e. The predicted octanol–water partition coefficient (Wildman–Crippen LogP) is -0.109. The van der Waals surface area contributed by atoms with E-state index in [-0.39, 0.29) is 25.5 Å².